The van der Waals surface area contributed by atoms with Crippen LogP contribution in [0.3, 0.4) is 0 Å². The lowest BCUT2D eigenvalue weighted by atomic mass is 10.3. The minimum Gasteiger partial charge on any atom is -0.461 e. The van der Waals surface area contributed by atoms with Crippen LogP contribution in [0.1, 0.15) is 42.7 Å². The van der Waals surface area contributed by atoms with Gasteiger partial charge in [0.15, 0.2) is 5.69 Å². The van der Waals surface area contributed by atoms with Crippen molar-refractivity contribution in [3.8, 4) is 0 Å². The quantitative estimate of drug-likeness (QED) is 0.363. The minimum absolute atomic E-state index is 0.156. The maximum absolute atomic E-state index is 12.2. The molecule has 0 aliphatic rings. The van der Waals surface area contributed by atoms with E-state index in [0.29, 0.717) is 37.9 Å². The number of halogens is 1. The van der Waals surface area contributed by atoms with Gasteiger partial charge in [-0.1, -0.05) is 0 Å². The van der Waals surface area contributed by atoms with Gasteiger partial charge >= 0.3 is 5.97 Å². The number of rotatable bonds is 10. The molecule has 0 unspecified atom stereocenters. The molecule has 1 rings (SSSR count). The van der Waals surface area contributed by atoms with Crippen LogP contribution in [0.15, 0.2) is 5.38 Å². The second kappa shape index (κ2) is 10.6. The third-order valence-corrected chi connectivity index (χ3v) is 3.96. The molecule has 1 heterocycles. The first-order valence-corrected chi connectivity index (χ1v) is 8.93. The van der Waals surface area contributed by atoms with Gasteiger partial charge in [0.05, 0.1) is 13.2 Å². The zero-order valence-corrected chi connectivity index (χ0v) is 15.3. The molecule has 23 heavy (non-hydrogen) atoms. The highest BCUT2D eigenvalue weighted by molar-refractivity contribution is 7.09. The Morgan fingerprint density at radius 2 is 2.13 bits per heavy atom. The summed E-state index contributed by atoms with van der Waals surface area (Å²) in [6.45, 7) is 7.71. The number of thiazole rings is 1. The maximum atomic E-state index is 12.2. The molecule has 0 fully saturated rings. The van der Waals surface area contributed by atoms with E-state index >= 15 is 0 Å². The molecule has 130 valence electrons. The van der Waals surface area contributed by atoms with Crippen LogP contribution in [-0.4, -0.2) is 53.5 Å². The fraction of sp³-hybridized carbons (Fsp3) is 0.667. The Labute approximate surface area is 145 Å². The molecule has 0 aliphatic heterocycles. The Morgan fingerprint density at radius 3 is 2.74 bits per heavy atom. The number of amides is 1. The van der Waals surface area contributed by atoms with E-state index in [1.165, 1.54) is 11.3 Å². The molecule has 0 aromatic carbocycles. The first kappa shape index (κ1) is 19.9. The summed E-state index contributed by atoms with van der Waals surface area (Å²) in [7, 11) is 0. The van der Waals surface area contributed by atoms with Crippen molar-refractivity contribution in [1.29, 1.82) is 0 Å². The second-order valence-electron chi connectivity index (χ2n) is 4.77. The molecule has 1 atom stereocenters. The average molecular weight is 363 g/mol. The maximum Gasteiger partial charge on any atom is 0.357 e. The Bertz CT molecular complexity index is 507. The molecular weight excluding hydrogens is 340 g/mol. The molecule has 0 bridgehead atoms. The first-order valence-electron chi connectivity index (χ1n) is 7.61. The number of carbonyl (C=O) groups is 2. The largest absolute Gasteiger partial charge is 0.461 e. The molecule has 8 heteroatoms. The van der Waals surface area contributed by atoms with Gasteiger partial charge < -0.3 is 14.4 Å². The van der Waals surface area contributed by atoms with Gasteiger partial charge in [0.1, 0.15) is 10.4 Å². The highest BCUT2D eigenvalue weighted by atomic mass is 35.5. The summed E-state index contributed by atoms with van der Waals surface area (Å²) in [5.41, 5.74) is 0.271. The Balaban J connectivity index is 2.68. The van der Waals surface area contributed by atoms with Crippen LogP contribution in [0, 0.1) is 0 Å². The predicted molar refractivity (Wildman–Crippen MR) is 89.9 cm³/mol. The number of hydrogen-bond acceptors (Lipinski definition) is 6. The smallest absolute Gasteiger partial charge is 0.357 e. The zero-order valence-electron chi connectivity index (χ0n) is 13.7. The molecule has 0 spiro atoms. The van der Waals surface area contributed by atoms with Gasteiger partial charge in [0.2, 0.25) is 5.91 Å². The molecular formula is C15H23ClN2O4S. The van der Waals surface area contributed by atoms with Gasteiger partial charge in [-0.3, -0.25) is 4.79 Å². The van der Waals surface area contributed by atoms with Crippen molar-refractivity contribution in [3.63, 3.8) is 0 Å². The van der Waals surface area contributed by atoms with E-state index in [4.69, 9.17) is 21.1 Å². The molecule has 6 nitrogen and oxygen atoms in total. The average Bonchev–Trinajstić information content (AvgIpc) is 2.98. The second-order valence-corrected chi connectivity index (χ2v) is 6.37. The minimum atomic E-state index is -0.605. The molecule has 0 saturated heterocycles. The SMILES string of the molecule is CCOCCCN(Cc1nc(C(=O)OCC)cs1)C(=O)[C@H](C)Cl. The van der Waals surface area contributed by atoms with Crippen LogP contribution in [0.25, 0.3) is 0 Å². The van der Waals surface area contributed by atoms with Crippen molar-refractivity contribution < 1.29 is 19.1 Å². The summed E-state index contributed by atoms with van der Waals surface area (Å²) >= 11 is 7.24. The van der Waals surface area contributed by atoms with E-state index in [-0.39, 0.29) is 11.6 Å². The fourth-order valence-corrected chi connectivity index (χ4v) is 2.78. The molecule has 0 radical (unpaired) electrons. The van der Waals surface area contributed by atoms with E-state index < -0.39 is 11.3 Å². The Morgan fingerprint density at radius 1 is 1.39 bits per heavy atom. The summed E-state index contributed by atoms with van der Waals surface area (Å²) in [4.78, 5) is 29.7. The zero-order chi connectivity index (χ0) is 17.2. The lowest BCUT2D eigenvalue weighted by molar-refractivity contribution is -0.131. The summed E-state index contributed by atoms with van der Waals surface area (Å²) < 4.78 is 10.2. The van der Waals surface area contributed by atoms with Crippen LogP contribution in [0.5, 0.6) is 0 Å². The molecule has 1 amide bonds. The van der Waals surface area contributed by atoms with E-state index in [2.05, 4.69) is 4.98 Å². The van der Waals surface area contributed by atoms with Crippen molar-refractivity contribution in [3.05, 3.63) is 16.1 Å². The number of alkyl halides is 1. The standard InChI is InChI=1S/C15H23ClN2O4S/c1-4-21-8-6-7-18(14(19)11(3)16)9-13-17-12(10-23-13)15(20)22-5-2/h10-11H,4-9H2,1-3H3/t11-/m0/s1. The van der Waals surface area contributed by atoms with Crippen molar-refractivity contribution in [1.82, 2.24) is 9.88 Å². The van der Waals surface area contributed by atoms with Gasteiger partial charge in [-0.05, 0) is 27.2 Å². The number of carbonyl (C=O) groups excluding carboxylic acids is 2. The van der Waals surface area contributed by atoms with Crippen LogP contribution in [0.2, 0.25) is 0 Å². The van der Waals surface area contributed by atoms with Crippen molar-refractivity contribution in [2.24, 2.45) is 0 Å². The molecule has 1 aromatic heterocycles. The topological polar surface area (TPSA) is 68.7 Å². The van der Waals surface area contributed by atoms with Crippen LogP contribution >= 0.6 is 22.9 Å². The van der Waals surface area contributed by atoms with Gasteiger partial charge in [0.25, 0.3) is 0 Å². The summed E-state index contributed by atoms with van der Waals surface area (Å²) in [5.74, 6) is -0.606. The summed E-state index contributed by atoms with van der Waals surface area (Å²) in [6.07, 6.45) is 0.722. The lowest BCUT2D eigenvalue weighted by Crippen LogP contribution is -2.36. The van der Waals surface area contributed by atoms with Crippen molar-refractivity contribution in [2.75, 3.05) is 26.4 Å². The third kappa shape index (κ3) is 6.85. The fourth-order valence-electron chi connectivity index (χ4n) is 1.87. The number of ether oxygens (including phenoxy) is 2. The normalized spacial score (nSPS) is 12.0. The third-order valence-electron chi connectivity index (χ3n) is 2.94. The van der Waals surface area contributed by atoms with E-state index in [1.54, 1.807) is 24.1 Å². The summed E-state index contributed by atoms with van der Waals surface area (Å²) in [5, 5.41) is 1.71. The van der Waals surface area contributed by atoms with Gasteiger partial charge in [-0.15, -0.1) is 22.9 Å². The Kier molecular flexibility index (Phi) is 9.13. The monoisotopic (exact) mass is 362 g/mol. The number of esters is 1. The van der Waals surface area contributed by atoms with Crippen LogP contribution < -0.4 is 0 Å². The van der Waals surface area contributed by atoms with Crippen molar-refractivity contribution in [2.45, 2.75) is 39.1 Å². The number of hydrogen-bond donors (Lipinski definition) is 0. The molecule has 0 aliphatic carbocycles. The number of nitrogens with zero attached hydrogens (tertiary/aromatic N) is 2. The highest BCUT2D eigenvalue weighted by Crippen LogP contribution is 2.15. The van der Waals surface area contributed by atoms with E-state index in [0.717, 1.165) is 6.42 Å². The number of aromatic nitrogens is 1. The van der Waals surface area contributed by atoms with Gasteiger partial charge in [-0.2, -0.15) is 0 Å². The van der Waals surface area contributed by atoms with Crippen LogP contribution in [-0.2, 0) is 20.8 Å². The van der Waals surface area contributed by atoms with E-state index in [9.17, 15) is 9.59 Å². The Hall–Kier alpha value is -1.18. The molecule has 0 N–H and O–H groups in total. The van der Waals surface area contributed by atoms with Crippen molar-refractivity contribution >= 4 is 34.8 Å². The van der Waals surface area contributed by atoms with Gasteiger partial charge in [-0.25, -0.2) is 9.78 Å². The summed E-state index contributed by atoms with van der Waals surface area (Å²) in [6, 6.07) is 0. The predicted octanol–water partition coefficient (Wildman–Crippen LogP) is 2.70. The van der Waals surface area contributed by atoms with Gasteiger partial charge in [0, 0.05) is 25.1 Å². The van der Waals surface area contributed by atoms with E-state index in [1.807, 2.05) is 6.92 Å². The molecule has 1 aromatic rings. The highest BCUT2D eigenvalue weighted by Gasteiger charge is 2.21. The first-order chi connectivity index (χ1) is 11.0. The lowest BCUT2D eigenvalue weighted by Gasteiger charge is -2.22. The molecule has 0 saturated carbocycles. The van der Waals surface area contributed by atoms with Crippen LogP contribution in [0.4, 0.5) is 0 Å².